The smallest absolute Gasteiger partial charge is 0.175 e. The van der Waals surface area contributed by atoms with Crippen molar-refractivity contribution in [2.75, 3.05) is 0 Å². The Balaban J connectivity index is 1.48. The van der Waals surface area contributed by atoms with E-state index < -0.39 is 5.82 Å². The molecule has 6 heteroatoms. The molecule has 0 spiro atoms. The molecule has 0 saturated heterocycles. The molecule has 4 rings (SSSR count). The summed E-state index contributed by atoms with van der Waals surface area (Å²) in [5.74, 6) is 0.160. The average molecular weight is 402 g/mol. The highest BCUT2D eigenvalue weighted by Gasteiger charge is 2.23. The van der Waals surface area contributed by atoms with Gasteiger partial charge in [0.05, 0.1) is 12.4 Å². The second kappa shape index (κ2) is 8.06. The number of hydrogen-bond donors (Lipinski definition) is 0. The van der Waals surface area contributed by atoms with Crippen LogP contribution in [0.25, 0.3) is 5.69 Å². The van der Waals surface area contributed by atoms with Gasteiger partial charge in [-0.1, -0.05) is 55.8 Å². The van der Waals surface area contributed by atoms with E-state index in [2.05, 4.69) is 60.2 Å². The van der Waals surface area contributed by atoms with Gasteiger partial charge in [0.25, 0.3) is 0 Å². The first-order valence-corrected chi connectivity index (χ1v) is 9.76. The number of benzene rings is 2. The van der Waals surface area contributed by atoms with Crippen LogP contribution in [-0.2, 0) is 12.0 Å². The summed E-state index contributed by atoms with van der Waals surface area (Å²) < 4.78 is 20.5. The highest BCUT2D eigenvalue weighted by atomic mass is 19.1. The summed E-state index contributed by atoms with van der Waals surface area (Å²) in [6, 6.07) is 18.0. The molecule has 2 aromatic heterocycles. The molecular weight excluding hydrogens is 379 g/mol. The Labute approximate surface area is 175 Å². The minimum absolute atomic E-state index is 0.0155. The molecule has 0 saturated carbocycles. The van der Waals surface area contributed by atoms with E-state index in [0.717, 1.165) is 0 Å². The molecule has 0 aliphatic carbocycles. The van der Waals surface area contributed by atoms with Crippen molar-refractivity contribution in [3.8, 4) is 11.4 Å². The van der Waals surface area contributed by atoms with Crippen molar-refractivity contribution in [1.82, 2.24) is 20.0 Å². The summed E-state index contributed by atoms with van der Waals surface area (Å²) in [6.45, 7) is 6.49. The van der Waals surface area contributed by atoms with E-state index in [0.29, 0.717) is 5.75 Å². The van der Waals surface area contributed by atoms with Gasteiger partial charge in [0, 0.05) is 11.6 Å². The van der Waals surface area contributed by atoms with Crippen LogP contribution in [0, 0.1) is 12.7 Å². The van der Waals surface area contributed by atoms with Crippen LogP contribution in [0.15, 0.2) is 73.2 Å². The molecule has 5 nitrogen and oxygen atoms in total. The molecule has 0 unspecified atom stereocenters. The van der Waals surface area contributed by atoms with Gasteiger partial charge in [-0.2, -0.15) is 10.2 Å². The molecule has 0 amide bonds. The van der Waals surface area contributed by atoms with Crippen LogP contribution in [0.1, 0.15) is 36.2 Å². The lowest BCUT2D eigenvalue weighted by molar-refractivity contribution is 0.293. The fourth-order valence-electron chi connectivity index (χ4n) is 3.33. The quantitative estimate of drug-likeness (QED) is 0.455. The first-order valence-electron chi connectivity index (χ1n) is 9.76. The van der Waals surface area contributed by atoms with Crippen molar-refractivity contribution in [2.24, 2.45) is 0 Å². The summed E-state index contributed by atoms with van der Waals surface area (Å²) in [5.41, 5.74) is 3.97. The maximum atomic E-state index is 14.7. The number of ether oxygens (including phenoxy) is 1. The zero-order valence-electron chi connectivity index (χ0n) is 17.2. The third kappa shape index (κ3) is 3.94. The van der Waals surface area contributed by atoms with Crippen LogP contribution < -0.4 is 4.74 Å². The molecule has 0 fully saturated rings. The predicted molar refractivity (Wildman–Crippen MR) is 113 cm³/mol. The molecular formula is C24H23FN4O. The molecule has 4 aromatic rings. The van der Waals surface area contributed by atoms with Gasteiger partial charge in [-0.15, -0.1) is 4.80 Å². The lowest BCUT2D eigenvalue weighted by Gasteiger charge is -2.26. The Morgan fingerprint density at radius 1 is 0.867 bits per heavy atom. The van der Waals surface area contributed by atoms with Gasteiger partial charge < -0.3 is 4.74 Å². The summed E-state index contributed by atoms with van der Waals surface area (Å²) >= 11 is 0. The number of hydrogen-bond acceptors (Lipinski definition) is 4. The molecule has 0 N–H and O–H groups in total. The predicted octanol–water partition coefficient (Wildman–Crippen LogP) is 5.01. The van der Waals surface area contributed by atoms with Gasteiger partial charge in [0.15, 0.2) is 5.82 Å². The third-order valence-corrected chi connectivity index (χ3v) is 5.30. The lowest BCUT2D eigenvalue weighted by atomic mass is 9.78. The topological polar surface area (TPSA) is 52.8 Å². The van der Waals surface area contributed by atoms with Crippen LogP contribution in [0.2, 0.25) is 0 Å². The van der Waals surface area contributed by atoms with E-state index in [1.54, 1.807) is 0 Å². The van der Waals surface area contributed by atoms with E-state index in [1.165, 1.54) is 46.1 Å². The first kappa shape index (κ1) is 19.8. The van der Waals surface area contributed by atoms with Crippen LogP contribution in [0.4, 0.5) is 4.39 Å². The van der Waals surface area contributed by atoms with Gasteiger partial charge >= 0.3 is 0 Å². The maximum absolute atomic E-state index is 14.7. The van der Waals surface area contributed by atoms with E-state index in [1.807, 2.05) is 24.3 Å². The largest absolute Gasteiger partial charge is 0.487 e. The minimum Gasteiger partial charge on any atom is -0.487 e. The van der Waals surface area contributed by atoms with Gasteiger partial charge in [0.1, 0.15) is 23.7 Å². The Bertz CT molecular complexity index is 1120. The van der Waals surface area contributed by atoms with Crippen molar-refractivity contribution in [3.63, 3.8) is 0 Å². The number of halogens is 1. The molecule has 152 valence electrons. The van der Waals surface area contributed by atoms with E-state index >= 15 is 0 Å². The number of rotatable bonds is 6. The zero-order valence-corrected chi connectivity index (χ0v) is 17.2. The number of aryl methyl sites for hydroxylation is 1. The Morgan fingerprint density at radius 2 is 1.47 bits per heavy atom. The summed E-state index contributed by atoms with van der Waals surface area (Å²) in [6.07, 6.45) is 4.51. The molecule has 2 heterocycles. The minimum atomic E-state index is -0.495. The van der Waals surface area contributed by atoms with Gasteiger partial charge in [-0.25, -0.2) is 4.39 Å². The van der Waals surface area contributed by atoms with E-state index in [-0.39, 0.29) is 23.4 Å². The average Bonchev–Trinajstić information content (AvgIpc) is 3.28. The molecule has 2 aromatic carbocycles. The SMILES string of the molecule is Cc1ccc(C(C)(C)c2ccc(OCc3nccc(-n4nccn4)c3F)cc2)cc1. The molecule has 0 radical (unpaired) electrons. The van der Waals surface area contributed by atoms with Crippen LogP contribution in [0.3, 0.4) is 0 Å². The number of nitrogens with zero attached hydrogens (tertiary/aromatic N) is 4. The highest BCUT2D eigenvalue weighted by Crippen LogP contribution is 2.32. The van der Waals surface area contributed by atoms with Crippen molar-refractivity contribution in [1.29, 1.82) is 0 Å². The molecule has 0 bridgehead atoms. The van der Waals surface area contributed by atoms with Crippen molar-refractivity contribution in [3.05, 3.63) is 101 Å². The summed E-state index contributed by atoms with van der Waals surface area (Å²) in [4.78, 5) is 5.32. The number of pyridine rings is 1. The van der Waals surface area contributed by atoms with Gasteiger partial charge in [-0.05, 0) is 36.2 Å². The number of aromatic nitrogens is 4. The summed E-state index contributed by atoms with van der Waals surface area (Å²) in [5, 5.41) is 7.93. The Kier molecular flexibility index (Phi) is 5.31. The Hall–Kier alpha value is -3.54. The Morgan fingerprint density at radius 3 is 2.10 bits per heavy atom. The van der Waals surface area contributed by atoms with Crippen LogP contribution >= 0.6 is 0 Å². The van der Waals surface area contributed by atoms with Gasteiger partial charge in [0.2, 0.25) is 0 Å². The second-order valence-corrected chi connectivity index (χ2v) is 7.71. The van der Waals surface area contributed by atoms with Crippen LogP contribution in [-0.4, -0.2) is 20.0 Å². The zero-order chi connectivity index (χ0) is 21.1. The molecule has 0 aliphatic rings. The normalized spacial score (nSPS) is 11.5. The third-order valence-electron chi connectivity index (χ3n) is 5.30. The second-order valence-electron chi connectivity index (χ2n) is 7.71. The molecule has 0 aliphatic heterocycles. The lowest BCUT2D eigenvalue weighted by Crippen LogP contribution is -2.18. The fraction of sp³-hybridized carbons (Fsp3) is 0.208. The van der Waals surface area contributed by atoms with Crippen molar-refractivity contribution in [2.45, 2.75) is 32.8 Å². The molecule has 0 atom stereocenters. The molecule has 30 heavy (non-hydrogen) atoms. The maximum Gasteiger partial charge on any atom is 0.175 e. The highest BCUT2D eigenvalue weighted by molar-refractivity contribution is 5.41. The monoisotopic (exact) mass is 402 g/mol. The van der Waals surface area contributed by atoms with Crippen molar-refractivity contribution >= 4 is 0 Å². The standard InChI is InChI=1S/C24H23FN4O/c1-17-4-6-18(7-5-17)24(2,3)19-8-10-20(11-9-19)30-16-21-23(25)22(12-13-26-21)29-27-14-15-28-29/h4-15H,16H2,1-3H3. The summed E-state index contributed by atoms with van der Waals surface area (Å²) in [7, 11) is 0. The van der Waals surface area contributed by atoms with E-state index in [4.69, 9.17) is 4.74 Å². The van der Waals surface area contributed by atoms with Crippen molar-refractivity contribution < 1.29 is 9.13 Å². The fourth-order valence-corrected chi connectivity index (χ4v) is 3.33. The first-order chi connectivity index (χ1) is 14.4. The van der Waals surface area contributed by atoms with Crippen LogP contribution in [0.5, 0.6) is 5.75 Å². The van der Waals surface area contributed by atoms with Gasteiger partial charge in [-0.3, -0.25) is 4.98 Å². The van der Waals surface area contributed by atoms with E-state index in [9.17, 15) is 4.39 Å².